The predicted octanol–water partition coefficient (Wildman–Crippen LogP) is 1.42. The minimum atomic E-state index is -0.783. The fraction of sp³-hybridized carbons (Fsp3) is 0.300. The maximum absolute atomic E-state index is 10.7. The molecule has 3 nitrogen and oxygen atoms in total. The number of nitrogens with one attached hydrogen (secondary N) is 1. The third-order valence-corrected chi connectivity index (χ3v) is 2.32. The Labute approximate surface area is 76.4 Å². The number of benzene rings is 1. The molecule has 0 fully saturated rings. The molecule has 1 aromatic rings. The number of hydrogen-bond acceptors (Lipinski definition) is 2. The number of carbonyl (C=O) groups is 1. The van der Waals surface area contributed by atoms with Crippen molar-refractivity contribution in [2.75, 3.05) is 5.32 Å². The van der Waals surface area contributed by atoms with Gasteiger partial charge in [0.25, 0.3) is 0 Å². The van der Waals surface area contributed by atoms with E-state index >= 15 is 0 Å². The van der Waals surface area contributed by atoms with Gasteiger partial charge in [0.1, 0.15) is 6.04 Å². The largest absolute Gasteiger partial charge is 0.480 e. The highest BCUT2D eigenvalue weighted by atomic mass is 16.4. The molecule has 68 valence electrons. The Kier molecular flexibility index (Phi) is 1.72. The molecule has 13 heavy (non-hydrogen) atoms. The van der Waals surface area contributed by atoms with Crippen LogP contribution >= 0.6 is 0 Å². The second kappa shape index (κ2) is 2.76. The van der Waals surface area contributed by atoms with Crippen LogP contribution in [0.4, 0.5) is 5.69 Å². The van der Waals surface area contributed by atoms with Crippen LogP contribution in [-0.2, 0) is 11.2 Å². The highest BCUT2D eigenvalue weighted by Crippen LogP contribution is 2.26. The molecular formula is C10H11NO2. The van der Waals surface area contributed by atoms with Gasteiger partial charge in [0.15, 0.2) is 0 Å². The van der Waals surface area contributed by atoms with Crippen molar-refractivity contribution in [2.24, 2.45) is 0 Å². The van der Waals surface area contributed by atoms with Crippen molar-refractivity contribution >= 4 is 11.7 Å². The molecule has 0 spiro atoms. The average molecular weight is 177 g/mol. The summed E-state index contributed by atoms with van der Waals surface area (Å²) in [5.41, 5.74) is 3.21. The van der Waals surface area contributed by atoms with Crippen LogP contribution < -0.4 is 5.32 Å². The van der Waals surface area contributed by atoms with Crippen molar-refractivity contribution < 1.29 is 9.90 Å². The Balaban J connectivity index is 2.30. The van der Waals surface area contributed by atoms with Crippen molar-refractivity contribution in [3.8, 4) is 0 Å². The maximum atomic E-state index is 10.7. The fourth-order valence-electron chi connectivity index (χ4n) is 1.61. The zero-order valence-electron chi connectivity index (χ0n) is 7.37. The number of aliphatic carboxylic acids is 1. The molecule has 0 amide bonds. The van der Waals surface area contributed by atoms with Gasteiger partial charge < -0.3 is 10.4 Å². The molecule has 1 aliphatic rings. The second-order valence-electron chi connectivity index (χ2n) is 3.40. The van der Waals surface area contributed by atoms with Gasteiger partial charge in [0, 0.05) is 12.1 Å². The number of carboxylic acid groups (broad SMARTS) is 1. The van der Waals surface area contributed by atoms with Gasteiger partial charge in [-0.25, -0.2) is 4.79 Å². The summed E-state index contributed by atoms with van der Waals surface area (Å²) < 4.78 is 0. The van der Waals surface area contributed by atoms with Crippen LogP contribution in [0, 0.1) is 6.92 Å². The van der Waals surface area contributed by atoms with Crippen LogP contribution in [0.25, 0.3) is 0 Å². The van der Waals surface area contributed by atoms with Crippen molar-refractivity contribution in [1.29, 1.82) is 0 Å². The SMILES string of the molecule is Cc1ccc2c(c1)N[C@H](C(=O)O)C2. The lowest BCUT2D eigenvalue weighted by atomic mass is 10.1. The molecule has 0 radical (unpaired) electrons. The second-order valence-corrected chi connectivity index (χ2v) is 3.40. The molecule has 0 aromatic heterocycles. The summed E-state index contributed by atoms with van der Waals surface area (Å²) in [6.07, 6.45) is 0.588. The summed E-state index contributed by atoms with van der Waals surface area (Å²) in [6, 6.07) is 5.53. The van der Waals surface area contributed by atoms with Crippen LogP contribution in [0.3, 0.4) is 0 Å². The first-order valence-corrected chi connectivity index (χ1v) is 4.25. The van der Waals surface area contributed by atoms with E-state index in [0.29, 0.717) is 6.42 Å². The summed E-state index contributed by atoms with van der Waals surface area (Å²) in [5, 5.41) is 11.8. The Morgan fingerprint density at radius 3 is 3.08 bits per heavy atom. The molecule has 0 saturated carbocycles. The summed E-state index contributed by atoms with van der Waals surface area (Å²) in [7, 11) is 0. The number of aryl methyl sites for hydroxylation is 1. The topological polar surface area (TPSA) is 49.3 Å². The van der Waals surface area contributed by atoms with Gasteiger partial charge in [0.05, 0.1) is 0 Å². The minimum absolute atomic E-state index is 0.447. The van der Waals surface area contributed by atoms with Crippen molar-refractivity contribution in [2.45, 2.75) is 19.4 Å². The van der Waals surface area contributed by atoms with E-state index in [9.17, 15) is 4.79 Å². The molecule has 0 saturated heterocycles. The van der Waals surface area contributed by atoms with Gasteiger partial charge in [-0.3, -0.25) is 0 Å². The summed E-state index contributed by atoms with van der Waals surface area (Å²) >= 11 is 0. The Morgan fingerprint density at radius 2 is 2.38 bits per heavy atom. The van der Waals surface area contributed by atoms with Crippen LogP contribution in [-0.4, -0.2) is 17.1 Å². The van der Waals surface area contributed by atoms with Crippen LogP contribution in [0.1, 0.15) is 11.1 Å². The third-order valence-electron chi connectivity index (χ3n) is 2.32. The molecule has 0 bridgehead atoms. The monoisotopic (exact) mass is 177 g/mol. The number of hydrogen-bond donors (Lipinski definition) is 2. The van der Waals surface area contributed by atoms with Gasteiger partial charge in [-0.2, -0.15) is 0 Å². The number of fused-ring (bicyclic) bond motifs is 1. The highest BCUT2D eigenvalue weighted by Gasteiger charge is 2.25. The minimum Gasteiger partial charge on any atom is -0.480 e. The van der Waals surface area contributed by atoms with E-state index in [-0.39, 0.29) is 0 Å². The molecule has 1 heterocycles. The van der Waals surface area contributed by atoms with Gasteiger partial charge in [-0.1, -0.05) is 12.1 Å². The maximum Gasteiger partial charge on any atom is 0.326 e. The number of anilines is 1. The van der Waals surface area contributed by atoms with Gasteiger partial charge in [0.2, 0.25) is 0 Å². The average Bonchev–Trinajstić information content (AvgIpc) is 2.46. The van der Waals surface area contributed by atoms with Crippen LogP contribution in [0.2, 0.25) is 0 Å². The molecule has 3 heteroatoms. The van der Waals surface area contributed by atoms with Crippen molar-refractivity contribution in [3.05, 3.63) is 29.3 Å². The van der Waals surface area contributed by atoms with E-state index in [1.807, 2.05) is 25.1 Å². The normalized spacial score (nSPS) is 19.3. The first-order valence-electron chi connectivity index (χ1n) is 4.25. The Hall–Kier alpha value is -1.51. The summed E-state index contributed by atoms with van der Waals surface area (Å²) in [6.45, 7) is 2.00. The van der Waals surface area contributed by atoms with Gasteiger partial charge in [-0.05, 0) is 24.1 Å². The van der Waals surface area contributed by atoms with E-state index in [1.54, 1.807) is 0 Å². The lowest BCUT2D eigenvalue weighted by molar-refractivity contribution is -0.137. The molecule has 2 N–H and O–H groups in total. The van der Waals surface area contributed by atoms with E-state index in [4.69, 9.17) is 5.11 Å². The first-order chi connectivity index (χ1) is 6.16. The van der Waals surface area contributed by atoms with E-state index in [0.717, 1.165) is 16.8 Å². The quantitative estimate of drug-likeness (QED) is 0.682. The standard InChI is InChI=1S/C10H11NO2/c1-6-2-3-7-5-9(10(12)13)11-8(7)4-6/h2-4,9,11H,5H2,1H3,(H,12,13)/t9-/m0/s1. The number of rotatable bonds is 1. The van der Waals surface area contributed by atoms with Crippen molar-refractivity contribution in [1.82, 2.24) is 0 Å². The first kappa shape index (κ1) is 8.10. The molecular weight excluding hydrogens is 166 g/mol. The summed E-state index contributed by atoms with van der Waals surface area (Å²) in [4.78, 5) is 10.7. The molecule has 1 aromatic carbocycles. The molecule has 0 aliphatic carbocycles. The predicted molar refractivity (Wildman–Crippen MR) is 49.9 cm³/mol. The highest BCUT2D eigenvalue weighted by molar-refractivity contribution is 5.81. The Bertz CT molecular complexity index is 360. The Morgan fingerprint density at radius 1 is 1.62 bits per heavy atom. The zero-order chi connectivity index (χ0) is 9.42. The zero-order valence-corrected chi connectivity index (χ0v) is 7.37. The van der Waals surface area contributed by atoms with E-state index in [2.05, 4.69) is 5.32 Å². The third kappa shape index (κ3) is 1.37. The van der Waals surface area contributed by atoms with Crippen molar-refractivity contribution in [3.63, 3.8) is 0 Å². The summed E-state index contributed by atoms with van der Waals surface area (Å²) in [5.74, 6) is -0.783. The van der Waals surface area contributed by atoms with Crippen LogP contribution in [0.15, 0.2) is 18.2 Å². The van der Waals surface area contributed by atoms with E-state index < -0.39 is 12.0 Å². The lowest BCUT2D eigenvalue weighted by Crippen LogP contribution is -2.26. The van der Waals surface area contributed by atoms with E-state index in [1.165, 1.54) is 0 Å². The number of carboxylic acids is 1. The fourth-order valence-corrected chi connectivity index (χ4v) is 1.61. The molecule has 1 atom stereocenters. The van der Waals surface area contributed by atoms with Gasteiger partial charge >= 0.3 is 5.97 Å². The molecule has 1 aliphatic heterocycles. The van der Waals surface area contributed by atoms with Gasteiger partial charge in [-0.15, -0.1) is 0 Å². The molecule has 2 rings (SSSR count). The lowest BCUT2D eigenvalue weighted by Gasteiger charge is -2.03. The van der Waals surface area contributed by atoms with Crippen LogP contribution in [0.5, 0.6) is 0 Å². The molecule has 0 unspecified atom stereocenters. The smallest absolute Gasteiger partial charge is 0.326 e.